The second-order valence-electron chi connectivity index (χ2n) is 6.70. The molecular weight excluding hydrogens is 264 g/mol. The van der Waals surface area contributed by atoms with E-state index in [4.69, 9.17) is 4.74 Å². The van der Waals surface area contributed by atoms with E-state index in [2.05, 4.69) is 10.2 Å². The number of rotatable bonds is 6. The van der Waals surface area contributed by atoms with E-state index in [9.17, 15) is 4.79 Å². The Morgan fingerprint density at radius 2 is 1.76 bits per heavy atom. The Morgan fingerprint density at radius 3 is 2.33 bits per heavy atom. The molecule has 4 nitrogen and oxygen atoms in total. The molecule has 0 amide bonds. The largest absolute Gasteiger partial charge is 0.468 e. The number of hydrogen-bond donors (Lipinski definition) is 1. The highest BCUT2D eigenvalue weighted by Gasteiger charge is 2.38. The lowest BCUT2D eigenvalue weighted by Gasteiger charge is -2.49. The molecule has 1 unspecified atom stereocenters. The lowest BCUT2D eigenvalue weighted by atomic mass is 9.79. The predicted molar refractivity (Wildman–Crippen MR) is 85.3 cm³/mol. The van der Waals surface area contributed by atoms with Crippen molar-refractivity contribution in [2.24, 2.45) is 0 Å². The van der Waals surface area contributed by atoms with E-state index in [1.807, 2.05) is 6.92 Å². The minimum Gasteiger partial charge on any atom is -0.468 e. The van der Waals surface area contributed by atoms with Crippen LogP contribution in [-0.4, -0.2) is 49.2 Å². The third-order valence-electron chi connectivity index (χ3n) is 5.38. The lowest BCUT2D eigenvalue weighted by Crippen LogP contribution is -2.59. The highest BCUT2D eigenvalue weighted by Crippen LogP contribution is 2.35. The molecule has 0 aromatic carbocycles. The van der Waals surface area contributed by atoms with Gasteiger partial charge in [-0.2, -0.15) is 0 Å². The van der Waals surface area contributed by atoms with Gasteiger partial charge in [-0.25, -0.2) is 0 Å². The van der Waals surface area contributed by atoms with Crippen LogP contribution in [0.2, 0.25) is 0 Å². The van der Waals surface area contributed by atoms with Crippen molar-refractivity contribution in [3.05, 3.63) is 0 Å². The maximum Gasteiger partial charge on any atom is 0.322 e. The summed E-state index contributed by atoms with van der Waals surface area (Å²) in [5.41, 5.74) is 0.278. The fourth-order valence-corrected chi connectivity index (χ4v) is 4.03. The van der Waals surface area contributed by atoms with Gasteiger partial charge in [0.2, 0.25) is 0 Å². The Balaban J connectivity index is 2.00. The zero-order chi connectivity index (χ0) is 15.1. The molecule has 2 fully saturated rings. The zero-order valence-corrected chi connectivity index (χ0v) is 13.8. The van der Waals surface area contributed by atoms with Crippen LogP contribution in [0.15, 0.2) is 0 Å². The summed E-state index contributed by atoms with van der Waals surface area (Å²) in [4.78, 5) is 14.5. The highest BCUT2D eigenvalue weighted by atomic mass is 16.5. The standard InChI is InChI=1S/C17H32N2O2/c1-3-15(16(20)21-2)18-14-17(10-6-4-7-11-17)19-12-8-5-9-13-19/h15,18H,3-14H2,1-2H3. The molecule has 1 heterocycles. The maximum atomic E-state index is 11.8. The fourth-order valence-electron chi connectivity index (χ4n) is 4.03. The molecule has 2 aliphatic rings. The van der Waals surface area contributed by atoms with Crippen molar-refractivity contribution in [2.45, 2.75) is 76.3 Å². The summed E-state index contributed by atoms with van der Waals surface area (Å²) in [5.74, 6) is -0.123. The van der Waals surface area contributed by atoms with Crippen LogP contribution in [0.1, 0.15) is 64.7 Å². The first-order chi connectivity index (χ1) is 10.2. The molecule has 0 bridgehead atoms. The molecule has 1 saturated carbocycles. The van der Waals surface area contributed by atoms with Gasteiger partial charge < -0.3 is 10.1 Å². The number of nitrogens with zero attached hydrogens (tertiary/aromatic N) is 1. The number of nitrogens with one attached hydrogen (secondary N) is 1. The van der Waals surface area contributed by atoms with Crippen LogP contribution < -0.4 is 5.32 Å². The number of ether oxygens (including phenoxy) is 1. The molecule has 2 rings (SSSR count). The molecule has 0 spiro atoms. The average Bonchev–Trinajstić information content (AvgIpc) is 2.56. The number of hydrogen-bond acceptors (Lipinski definition) is 4. The molecule has 0 radical (unpaired) electrons. The maximum absolute atomic E-state index is 11.8. The predicted octanol–water partition coefficient (Wildman–Crippen LogP) is 2.72. The van der Waals surface area contributed by atoms with Crippen LogP contribution in [0, 0.1) is 0 Å². The van der Waals surface area contributed by atoms with Crippen molar-refractivity contribution in [3.8, 4) is 0 Å². The SMILES string of the molecule is CCC(NCC1(N2CCCCC2)CCCCC1)C(=O)OC. The smallest absolute Gasteiger partial charge is 0.322 e. The summed E-state index contributed by atoms with van der Waals surface area (Å²) in [6, 6.07) is -0.154. The fraction of sp³-hybridized carbons (Fsp3) is 0.941. The molecule has 1 aliphatic heterocycles. The zero-order valence-electron chi connectivity index (χ0n) is 13.8. The second-order valence-corrected chi connectivity index (χ2v) is 6.70. The van der Waals surface area contributed by atoms with Crippen LogP contribution in [-0.2, 0) is 9.53 Å². The van der Waals surface area contributed by atoms with Gasteiger partial charge in [0.15, 0.2) is 0 Å². The van der Waals surface area contributed by atoms with Gasteiger partial charge in [-0.15, -0.1) is 0 Å². The molecular formula is C17H32N2O2. The number of carbonyl (C=O) groups excluding carboxylic acids is 1. The molecule has 1 aliphatic carbocycles. The third kappa shape index (κ3) is 4.19. The Morgan fingerprint density at radius 1 is 1.14 bits per heavy atom. The van der Waals surface area contributed by atoms with Gasteiger partial charge in [0.05, 0.1) is 7.11 Å². The third-order valence-corrected chi connectivity index (χ3v) is 5.38. The van der Waals surface area contributed by atoms with Gasteiger partial charge in [0, 0.05) is 12.1 Å². The van der Waals surface area contributed by atoms with E-state index < -0.39 is 0 Å². The number of carbonyl (C=O) groups is 1. The first-order valence-electron chi connectivity index (χ1n) is 8.78. The second kappa shape index (κ2) is 8.14. The van der Waals surface area contributed by atoms with Gasteiger partial charge in [-0.05, 0) is 45.2 Å². The summed E-state index contributed by atoms with van der Waals surface area (Å²) in [5, 5.41) is 3.51. The number of piperidine rings is 1. The van der Waals surface area contributed by atoms with Gasteiger partial charge in [0.25, 0.3) is 0 Å². The van der Waals surface area contributed by atoms with E-state index >= 15 is 0 Å². The van der Waals surface area contributed by atoms with Crippen LogP contribution in [0.3, 0.4) is 0 Å². The van der Waals surface area contributed by atoms with Crippen LogP contribution >= 0.6 is 0 Å². The number of methoxy groups -OCH3 is 1. The van der Waals surface area contributed by atoms with Crippen molar-refractivity contribution in [1.29, 1.82) is 0 Å². The van der Waals surface area contributed by atoms with Gasteiger partial charge in [-0.3, -0.25) is 9.69 Å². The highest BCUT2D eigenvalue weighted by molar-refractivity contribution is 5.75. The van der Waals surface area contributed by atoms with Crippen molar-refractivity contribution in [2.75, 3.05) is 26.7 Å². The topological polar surface area (TPSA) is 41.6 Å². The Kier molecular flexibility index (Phi) is 6.49. The van der Waals surface area contributed by atoms with Crippen molar-refractivity contribution in [3.63, 3.8) is 0 Å². The van der Waals surface area contributed by atoms with E-state index in [-0.39, 0.29) is 17.6 Å². The van der Waals surface area contributed by atoms with E-state index in [0.29, 0.717) is 0 Å². The molecule has 122 valence electrons. The number of esters is 1. The Bertz CT molecular complexity index is 321. The van der Waals surface area contributed by atoms with Gasteiger partial charge in [-0.1, -0.05) is 32.6 Å². The molecule has 0 aromatic heterocycles. The summed E-state index contributed by atoms with van der Waals surface area (Å²) in [6.45, 7) is 5.44. The molecule has 1 atom stereocenters. The van der Waals surface area contributed by atoms with Gasteiger partial charge >= 0.3 is 5.97 Å². The Labute approximate surface area is 129 Å². The Hall–Kier alpha value is -0.610. The van der Waals surface area contributed by atoms with Gasteiger partial charge in [0.1, 0.15) is 6.04 Å². The molecule has 1 saturated heterocycles. The van der Waals surface area contributed by atoms with Crippen molar-refractivity contribution < 1.29 is 9.53 Å². The van der Waals surface area contributed by atoms with Crippen LogP contribution in [0.4, 0.5) is 0 Å². The van der Waals surface area contributed by atoms with Crippen molar-refractivity contribution in [1.82, 2.24) is 10.2 Å². The molecule has 4 heteroatoms. The van der Waals surface area contributed by atoms with E-state index in [1.54, 1.807) is 0 Å². The van der Waals surface area contributed by atoms with Crippen molar-refractivity contribution >= 4 is 5.97 Å². The summed E-state index contributed by atoms with van der Waals surface area (Å²) >= 11 is 0. The van der Waals surface area contributed by atoms with Crippen LogP contribution in [0.25, 0.3) is 0 Å². The summed E-state index contributed by atoms with van der Waals surface area (Å²) in [7, 11) is 1.48. The summed E-state index contributed by atoms with van der Waals surface area (Å²) in [6.07, 6.45) is 11.4. The minimum absolute atomic E-state index is 0.123. The molecule has 0 aromatic rings. The first-order valence-corrected chi connectivity index (χ1v) is 8.78. The molecule has 21 heavy (non-hydrogen) atoms. The van der Waals surface area contributed by atoms with E-state index in [1.165, 1.54) is 71.6 Å². The quantitative estimate of drug-likeness (QED) is 0.765. The minimum atomic E-state index is -0.154. The normalized spacial score (nSPS) is 24.5. The average molecular weight is 296 g/mol. The first kappa shape index (κ1) is 16.8. The molecule has 1 N–H and O–H groups in total. The van der Waals surface area contributed by atoms with Crippen LogP contribution in [0.5, 0.6) is 0 Å². The van der Waals surface area contributed by atoms with E-state index in [0.717, 1.165) is 13.0 Å². The monoisotopic (exact) mass is 296 g/mol. The summed E-state index contributed by atoms with van der Waals surface area (Å²) < 4.78 is 4.91. The lowest BCUT2D eigenvalue weighted by molar-refractivity contribution is -0.143. The number of likely N-dealkylation sites (tertiary alicyclic amines) is 1.